The highest BCUT2D eigenvalue weighted by Gasteiger charge is 2.39. The van der Waals surface area contributed by atoms with E-state index < -0.39 is 24.9 Å². The fourth-order valence-electron chi connectivity index (χ4n) is 2.48. The number of nitrogens with zero attached hydrogens (tertiary/aromatic N) is 1. The zero-order valence-electron chi connectivity index (χ0n) is 13.3. The van der Waals surface area contributed by atoms with Crippen molar-refractivity contribution in [1.29, 1.82) is 0 Å². The topological polar surface area (TPSA) is 61.8 Å². The average Bonchev–Trinajstić information content (AvgIpc) is 3.01. The Bertz CT molecular complexity index is 542. The Morgan fingerprint density at radius 2 is 1.92 bits per heavy atom. The van der Waals surface area contributed by atoms with E-state index in [1.165, 1.54) is 7.05 Å². The normalized spacial score (nSPS) is 16.7. The Hall–Kier alpha value is -1.96. The molecule has 1 saturated carbocycles. The number of amides is 2. The minimum absolute atomic E-state index is 0.223. The maximum Gasteiger partial charge on any atom is 0.416 e. The van der Waals surface area contributed by atoms with E-state index in [9.17, 15) is 18.0 Å². The maximum absolute atomic E-state index is 12.3. The van der Waals surface area contributed by atoms with Crippen LogP contribution >= 0.6 is 0 Å². The van der Waals surface area contributed by atoms with Gasteiger partial charge in [0, 0.05) is 12.7 Å². The molecule has 1 aliphatic rings. The number of halogens is 3. The Labute approximate surface area is 138 Å². The second-order valence-corrected chi connectivity index (χ2v) is 5.92. The van der Waals surface area contributed by atoms with Gasteiger partial charge in [-0.15, -0.1) is 0 Å². The number of likely N-dealkylation sites (N-methyl/N-ethyl adjacent to an activating group) is 1. The van der Waals surface area contributed by atoms with E-state index in [0.29, 0.717) is 11.4 Å². The lowest BCUT2D eigenvalue weighted by molar-refractivity contribution is -0.205. The van der Waals surface area contributed by atoms with Crippen LogP contribution < -0.4 is 10.1 Å². The third-order valence-corrected chi connectivity index (χ3v) is 3.88. The molecule has 2 rings (SSSR count). The predicted molar refractivity (Wildman–Crippen MR) is 83.0 cm³/mol. The molecule has 1 fully saturated rings. The zero-order valence-corrected chi connectivity index (χ0v) is 13.3. The molecule has 134 valence electrons. The van der Waals surface area contributed by atoms with E-state index in [0.717, 1.165) is 30.6 Å². The molecule has 0 bridgehead atoms. The summed E-state index contributed by atoms with van der Waals surface area (Å²) in [7, 11) is 1.18. The number of alkyl halides is 3. The number of ether oxygens (including phenoxy) is 1. The summed E-state index contributed by atoms with van der Waals surface area (Å²) in [6.07, 6.45) is -2.72. The van der Waals surface area contributed by atoms with Crippen LogP contribution in [0.2, 0.25) is 0 Å². The molecule has 1 aromatic carbocycles. The molecule has 0 unspecified atom stereocenters. The number of urea groups is 1. The third kappa shape index (κ3) is 5.30. The summed E-state index contributed by atoms with van der Waals surface area (Å²) in [5, 5.41) is 11.5. The lowest BCUT2D eigenvalue weighted by atomic mass is 10.2. The summed E-state index contributed by atoms with van der Waals surface area (Å²) in [4.78, 5) is 12.6. The van der Waals surface area contributed by atoms with Gasteiger partial charge in [-0.2, -0.15) is 13.2 Å². The average molecular weight is 346 g/mol. The largest absolute Gasteiger partial charge is 0.490 e. The first kappa shape index (κ1) is 18.4. The Morgan fingerprint density at radius 3 is 2.46 bits per heavy atom. The minimum atomic E-state index is -4.76. The molecule has 2 amide bonds. The summed E-state index contributed by atoms with van der Waals surface area (Å²) in [6, 6.07) is 5.92. The van der Waals surface area contributed by atoms with Gasteiger partial charge in [0.2, 0.25) is 0 Å². The van der Waals surface area contributed by atoms with Crippen molar-refractivity contribution in [3.8, 4) is 5.75 Å². The number of carbonyl (C=O) groups is 1. The number of nitrogens with one attached hydrogen (secondary N) is 1. The second-order valence-electron chi connectivity index (χ2n) is 5.92. The molecule has 1 aliphatic carbocycles. The number of aliphatic hydroxyl groups is 1. The van der Waals surface area contributed by atoms with E-state index >= 15 is 0 Å². The van der Waals surface area contributed by atoms with Crippen LogP contribution in [-0.4, -0.2) is 48.0 Å². The molecule has 0 spiro atoms. The predicted octanol–water partition coefficient (Wildman–Crippen LogP) is 3.39. The van der Waals surface area contributed by atoms with Crippen molar-refractivity contribution in [2.24, 2.45) is 0 Å². The number of hydrogen-bond acceptors (Lipinski definition) is 3. The van der Waals surface area contributed by atoms with Crippen molar-refractivity contribution >= 4 is 11.7 Å². The fourth-order valence-corrected chi connectivity index (χ4v) is 2.48. The van der Waals surface area contributed by atoms with E-state index in [4.69, 9.17) is 9.84 Å². The van der Waals surface area contributed by atoms with E-state index in [1.54, 1.807) is 24.3 Å². The highest BCUT2D eigenvalue weighted by Crippen LogP contribution is 2.25. The van der Waals surface area contributed by atoms with Crippen LogP contribution in [0.4, 0.5) is 23.7 Å². The van der Waals surface area contributed by atoms with Gasteiger partial charge in [0.25, 0.3) is 0 Å². The molecular formula is C16H21F3N2O3. The summed E-state index contributed by atoms with van der Waals surface area (Å²) >= 11 is 0. The van der Waals surface area contributed by atoms with Gasteiger partial charge in [-0.3, -0.25) is 0 Å². The van der Waals surface area contributed by atoms with Crippen LogP contribution in [-0.2, 0) is 0 Å². The van der Waals surface area contributed by atoms with Gasteiger partial charge in [-0.1, -0.05) is 0 Å². The first-order chi connectivity index (χ1) is 11.3. The van der Waals surface area contributed by atoms with Crippen LogP contribution in [0.15, 0.2) is 24.3 Å². The van der Waals surface area contributed by atoms with Gasteiger partial charge in [0.15, 0.2) is 6.10 Å². The van der Waals surface area contributed by atoms with E-state index in [1.807, 2.05) is 0 Å². The van der Waals surface area contributed by atoms with E-state index in [-0.39, 0.29) is 6.10 Å². The number of anilines is 1. The second kappa shape index (κ2) is 7.74. The quantitative estimate of drug-likeness (QED) is 0.859. The van der Waals surface area contributed by atoms with Crippen LogP contribution in [0.1, 0.15) is 25.7 Å². The van der Waals surface area contributed by atoms with Crippen LogP contribution in [0, 0.1) is 0 Å². The zero-order chi connectivity index (χ0) is 17.7. The molecule has 8 heteroatoms. The van der Waals surface area contributed by atoms with Gasteiger partial charge in [0.05, 0.1) is 12.6 Å². The smallest absolute Gasteiger partial charge is 0.416 e. The summed E-state index contributed by atoms with van der Waals surface area (Å²) < 4.78 is 42.7. The molecule has 0 radical (unpaired) electrons. The molecular weight excluding hydrogens is 325 g/mol. The molecule has 0 saturated heterocycles. The Kier molecular flexibility index (Phi) is 5.93. The van der Waals surface area contributed by atoms with Crippen molar-refractivity contribution in [3.05, 3.63) is 24.3 Å². The van der Waals surface area contributed by atoms with Gasteiger partial charge in [0.1, 0.15) is 5.75 Å². The Morgan fingerprint density at radius 1 is 1.33 bits per heavy atom. The molecule has 0 aliphatic heterocycles. The van der Waals surface area contributed by atoms with Crippen molar-refractivity contribution in [2.45, 2.75) is 44.1 Å². The highest BCUT2D eigenvalue weighted by atomic mass is 19.4. The van der Waals surface area contributed by atoms with E-state index in [2.05, 4.69) is 5.32 Å². The number of carbonyl (C=O) groups excluding carboxylic acids is 1. The summed E-state index contributed by atoms with van der Waals surface area (Å²) in [5.41, 5.74) is 0.437. The van der Waals surface area contributed by atoms with Crippen molar-refractivity contribution < 1.29 is 27.8 Å². The highest BCUT2D eigenvalue weighted by molar-refractivity contribution is 5.89. The monoisotopic (exact) mass is 346 g/mol. The SMILES string of the molecule is CN(C[C@@H](O)C(F)(F)F)C(=O)Nc1ccc(OC2CCCC2)cc1. The molecule has 0 heterocycles. The lowest BCUT2D eigenvalue weighted by Crippen LogP contribution is -2.43. The molecule has 0 aromatic heterocycles. The minimum Gasteiger partial charge on any atom is -0.490 e. The number of rotatable bonds is 5. The first-order valence-corrected chi connectivity index (χ1v) is 7.79. The first-order valence-electron chi connectivity index (χ1n) is 7.79. The molecule has 2 N–H and O–H groups in total. The van der Waals surface area contributed by atoms with Crippen LogP contribution in [0.3, 0.4) is 0 Å². The van der Waals surface area contributed by atoms with Crippen LogP contribution in [0.25, 0.3) is 0 Å². The van der Waals surface area contributed by atoms with Gasteiger partial charge >= 0.3 is 12.2 Å². The molecule has 1 aromatic rings. The van der Waals surface area contributed by atoms with Crippen LogP contribution in [0.5, 0.6) is 5.75 Å². The van der Waals surface area contributed by atoms with Gasteiger partial charge in [-0.05, 0) is 49.9 Å². The lowest BCUT2D eigenvalue weighted by Gasteiger charge is -2.22. The fraction of sp³-hybridized carbons (Fsp3) is 0.562. The molecule has 5 nitrogen and oxygen atoms in total. The van der Waals surface area contributed by atoms with Crippen molar-refractivity contribution in [1.82, 2.24) is 4.90 Å². The maximum atomic E-state index is 12.3. The van der Waals surface area contributed by atoms with Gasteiger partial charge < -0.3 is 20.1 Å². The summed E-state index contributed by atoms with van der Waals surface area (Å²) in [6.45, 7) is -0.835. The number of aliphatic hydroxyl groups excluding tert-OH is 1. The summed E-state index contributed by atoms with van der Waals surface area (Å²) in [5.74, 6) is 0.695. The molecule has 1 atom stereocenters. The van der Waals surface area contributed by atoms with Crippen molar-refractivity contribution in [3.63, 3.8) is 0 Å². The third-order valence-electron chi connectivity index (χ3n) is 3.88. The van der Waals surface area contributed by atoms with Crippen molar-refractivity contribution in [2.75, 3.05) is 18.9 Å². The Balaban J connectivity index is 1.84. The van der Waals surface area contributed by atoms with Gasteiger partial charge in [-0.25, -0.2) is 4.79 Å². The number of hydrogen-bond donors (Lipinski definition) is 2. The molecule has 24 heavy (non-hydrogen) atoms. The standard InChI is InChI=1S/C16H21F3N2O3/c1-21(10-14(22)16(17,18)19)15(23)20-11-6-8-13(9-7-11)24-12-4-2-3-5-12/h6-9,12,14,22H,2-5,10H2,1H3,(H,20,23)/t14-/m1/s1. The number of benzene rings is 1.